The Labute approximate surface area is 196 Å². The van der Waals surface area contributed by atoms with E-state index in [2.05, 4.69) is 15.6 Å². The summed E-state index contributed by atoms with van der Waals surface area (Å²) in [6, 6.07) is 17.3. The highest BCUT2D eigenvalue weighted by molar-refractivity contribution is 7.80. The first-order chi connectivity index (χ1) is 15.8. The van der Waals surface area contributed by atoms with E-state index < -0.39 is 0 Å². The van der Waals surface area contributed by atoms with Crippen molar-refractivity contribution in [1.82, 2.24) is 10.3 Å². The van der Waals surface area contributed by atoms with Crippen LogP contribution in [0.15, 0.2) is 65.1 Å². The molecule has 33 heavy (non-hydrogen) atoms. The molecule has 0 radical (unpaired) electrons. The summed E-state index contributed by atoms with van der Waals surface area (Å²) in [4.78, 5) is 17.0. The van der Waals surface area contributed by atoms with Gasteiger partial charge >= 0.3 is 0 Å². The number of rotatable bonds is 5. The number of carbonyl (C=O) groups excluding carboxylic acids is 1. The van der Waals surface area contributed by atoms with Gasteiger partial charge in [-0.25, -0.2) is 4.98 Å². The van der Waals surface area contributed by atoms with Gasteiger partial charge in [-0.3, -0.25) is 10.1 Å². The third kappa shape index (κ3) is 5.30. The van der Waals surface area contributed by atoms with Crippen LogP contribution >= 0.6 is 12.2 Å². The first-order valence-electron chi connectivity index (χ1n) is 10.4. The predicted molar refractivity (Wildman–Crippen MR) is 132 cm³/mol. The number of phenols is 1. The molecule has 168 valence electrons. The number of aromatic nitrogens is 1. The first kappa shape index (κ1) is 22.3. The number of aryl methyl sites for hydroxylation is 1. The molecule has 1 amide bonds. The van der Waals surface area contributed by atoms with Gasteiger partial charge in [-0.1, -0.05) is 6.07 Å². The van der Waals surface area contributed by atoms with Gasteiger partial charge in [0.2, 0.25) is 5.89 Å². The Bertz CT molecular complexity index is 1330. The van der Waals surface area contributed by atoms with E-state index in [-0.39, 0.29) is 28.8 Å². The zero-order chi connectivity index (χ0) is 23.5. The van der Waals surface area contributed by atoms with Gasteiger partial charge in [0.25, 0.3) is 5.91 Å². The summed E-state index contributed by atoms with van der Waals surface area (Å²) in [5.74, 6) is 0.642. The fourth-order valence-corrected chi connectivity index (χ4v) is 3.44. The lowest BCUT2D eigenvalue weighted by atomic mass is 10.1. The van der Waals surface area contributed by atoms with Crippen molar-refractivity contribution in [3.05, 3.63) is 71.8 Å². The second kappa shape index (κ2) is 9.30. The number of fused-ring (bicyclic) bond motifs is 1. The Morgan fingerprint density at radius 2 is 1.85 bits per heavy atom. The lowest BCUT2D eigenvalue weighted by Crippen LogP contribution is -2.34. The van der Waals surface area contributed by atoms with Crippen molar-refractivity contribution < 1.29 is 19.1 Å². The Morgan fingerprint density at radius 3 is 2.58 bits per heavy atom. The number of oxazole rings is 1. The van der Waals surface area contributed by atoms with E-state index in [9.17, 15) is 9.90 Å². The minimum atomic E-state index is -0.350. The lowest BCUT2D eigenvalue weighted by Gasteiger charge is -2.12. The van der Waals surface area contributed by atoms with E-state index in [1.807, 2.05) is 39.0 Å². The average Bonchev–Trinajstić information content (AvgIpc) is 3.18. The standard InChI is InChI=1S/C25H23N3O4S/c1-14(2)31-18-8-5-16(6-9-18)23(30)28-25(33)26-17-7-11-21(29)19(13-17)24-27-20-10-4-15(3)12-22(20)32-24/h4-14,29H,1-3H3,(H2,26,28,30,33). The molecule has 3 N–H and O–H groups in total. The fourth-order valence-electron chi connectivity index (χ4n) is 3.23. The van der Waals surface area contributed by atoms with Gasteiger partial charge in [-0.05, 0) is 93.1 Å². The van der Waals surface area contributed by atoms with Crippen LogP contribution in [0.4, 0.5) is 5.69 Å². The number of aromatic hydroxyl groups is 1. The maximum absolute atomic E-state index is 12.5. The van der Waals surface area contributed by atoms with Crippen molar-refractivity contribution in [2.24, 2.45) is 0 Å². The van der Waals surface area contributed by atoms with Crippen LogP contribution in [0.25, 0.3) is 22.6 Å². The molecule has 0 saturated carbocycles. The largest absolute Gasteiger partial charge is 0.507 e. The molecule has 0 spiro atoms. The summed E-state index contributed by atoms with van der Waals surface area (Å²) in [5, 5.41) is 16.1. The minimum absolute atomic E-state index is 0.0162. The molecule has 3 aromatic carbocycles. The number of hydrogen-bond donors (Lipinski definition) is 3. The van der Waals surface area contributed by atoms with Gasteiger partial charge in [0, 0.05) is 11.3 Å². The molecule has 0 aliphatic heterocycles. The van der Waals surface area contributed by atoms with E-state index in [1.165, 1.54) is 6.07 Å². The minimum Gasteiger partial charge on any atom is -0.507 e. The van der Waals surface area contributed by atoms with Crippen molar-refractivity contribution in [3.8, 4) is 23.0 Å². The quantitative estimate of drug-likeness (QED) is 0.270. The molecule has 0 fully saturated rings. The lowest BCUT2D eigenvalue weighted by molar-refractivity contribution is 0.0977. The van der Waals surface area contributed by atoms with Crippen LogP contribution in [-0.2, 0) is 0 Å². The normalized spacial score (nSPS) is 10.9. The van der Waals surface area contributed by atoms with Crippen LogP contribution in [0.1, 0.15) is 29.8 Å². The molecule has 8 heteroatoms. The molecule has 7 nitrogen and oxygen atoms in total. The molecule has 0 bridgehead atoms. The highest BCUT2D eigenvalue weighted by Gasteiger charge is 2.15. The smallest absolute Gasteiger partial charge is 0.257 e. The first-order valence-corrected chi connectivity index (χ1v) is 10.8. The Morgan fingerprint density at radius 1 is 1.09 bits per heavy atom. The molecule has 0 aliphatic carbocycles. The Hall–Kier alpha value is -3.91. The van der Waals surface area contributed by atoms with Crippen LogP contribution < -0.4 is 15.4 Å². The van der Waals surface area contributed by atoms with Crippen molar-refractivity contribution in [1.29, 1.82) is 0 Å². The highest BCUT2D eigenvalue weighted by atomic mass is 32.1. The number of amides is 1. The molecule has 0 atom stereocenters. The Kier molecular flexibility index (Phi) is 6.28. The highest BCUT2D eigenvalue weighted by Crippen LogP contribution is 2.33. The zero-order valence-corrected chi connectivity index (χ0v) is 19.2. The number of nitrogens with zero attached hydrogens (tertiary/aromatic N) is 1. The Balaban J connectivity index is 1.46. The van der Waals surface area contributed by atoms with Crippen molar-refractivity contribution in [2.75, 3.05) is 5.32 Å². The van der Waals surface area contributed by atoms with Crippen molar-refractivity contribution >= 4 is 40.0 Å². The maximum Gasteiger partial charge on any atom is 0.257 e. The van der Waals surface area contributed by atoms with E-state index in [4.69, 9.17) is 21.4 Å². The number of anilines is 1. The van der Waals surface area contributed by atoms with Gasteiger partial charge in [0.15, 0.2) is 10.7 Å². The number of nitrogens with one attached hydrogen (secondary N) is 2. The van der Waals surface area contributed by atoms with Crippen LogP contribution in [0, 0.1) is 6.92 Å². The summed E-state index contributed by atoms with van der Waals surface area (Å²) in [6.45, 7) is 5.84. The SMILES string of the molecule is Cc1ccc2nc(-c3cc(NC(=S)NC(=O)c4ccc(OC(C)C)cc4)ccc3O)oc2c1. The van der Waals surface area contributed by atoms with Crippen LogP contribution in [-0.4, -0.2) is 27.2 Å². The third-order valence-corrected chi connectivity index (χ3v) is 4.95. The van der Waals surface area contributed by atoms with Gasteiger partial charge in [0.05, 0.1) is 11.7 Å². The van der Waals surface area contributed by atoms with Crippen LogP contribution in [0.5, 0.6) is 11.5 Å². The summed E-state index contributed by atoms with van der Waals surface area (Å²) in [6.07, 6.45) is 0.0514. The van der Waals surface area contributed by atoms with Crippen molar-refractivity contribution in [2.45, 2.75) is 26.9 Å². The summed E-state index contributed by atoms with van der Waals surface area (Å²) in [7, 11) is 0. The van der Waals surface area contributed by atoms with E-state index >= 15 is 0 Å². The van der Waals surface area contributed by atoms with Crippen LogP contribution in [0.2, 0.25) is 0 Å². The summed E-state index contributed by atoms with van der Waals surface area (Å²) in [5.41, 5.74) is 3.80. The molecule has 1 aromatic heterocycles. The molecular formula is C25H23N3O4S. The monoisotopic (exact) mass is 461 g/mol. The number of thiocarbonyl (C=S) groups is 1. The van der Waals surface area contributed by atoms with Gasteiger partial charge < -0.3 is 19.6 Å². The molecule has 1 heterocycles. The molecular weight excluding hydrogens is 438 g/mol. The van der Waals surface area contributed by atoms with E-state index in [1.54, 1.807) is 36.4 Å². The molecule has 4 aromatic rings. The predicted octanol–water partition coefficient (Wildman–Crippen LogP) is 5.42. The molecule has 0 saturated heterocycles. The second-order valence-electron chi connectivity index (χ2n) is 7.82. The molecule has 4 rings (SSSR count). The average molecular weight is 462 g/mol. The number of benzene rings is 3. The number of ether oxygens (including phenoxy) is 1. The second-order valence-corrected chi connectivity index (χ2v) is 8.23. The van der Waals surface area contributed by atoms with Gasteiger partial charge in [-0.2, -0.15) is 0 Å². The van der Waals surface area contributed by atoms with Gasteiger partial charge in [-0.15, -0.1) is 0 Å². The topological polar surface area (TPSA) is 96.6 Å². The number of hydrogen-bond acceptors (Lipinski definition) is 6. The summed E-state index contributed by atoms with van der Waals surface area (Å²) < 4.78 is 11.4. The van der Waals surface area contributed by atoms with Crippen LogP contribution in [0.3, 0.4) is 0 Å². The van der Waals surface area contributed by atoms with Gasteiger partial charge in [0.1, 0.15) is 17.0 Å². The maximum atomic E-state index is 12.5. The van der Waals surface area contributed by atoms with E-state index in [0.717, 1.165) is 5.56 Å². The molecule has 0 unspecified atom stereocenters. The fraction of sp³-hybridized carbons (Fsp3) is 0.160. The van der Waals surface area contributed by atoms with Crippen molar-refractivity contribution in [3.63, 3.8) is 0 Å². The third-order valence-electron chi connectivity index (χ3n) is 4.74. The van der Waals surface area contributed by atoms with E-state index in [0.29, 0.717) is 33.7 Å². The number of phenolic OH excluding ortho intramolecular Hbond substituents is 1. The number of carbonyl (C=O) groups is 1. The zero-order valence-electron chi connectivity index (χ0n) is 18.4. The molecule has 0 aliphatic rings. The summed E-state index contributed by atoms with van der Waals surface area (Å²) >= 11 is 5.29.